The summed E-state index contributed by atoms with van der Waals surface area (Å²) < 4.78 is 10.6. The molecule has 0 aromatic heterocycles. The van der Waals surface area contributed by atoms with Crippen LogP contribution in [-0.2, 0) is 6.42 Å². The Morgan fingerprint density at radius 3 is 2.79 bits per heavy atom. The van der Waals surface area contributed by atoms with E-state index in [0.29, 0.717) is 24.5 Å². The highest BCUT2D eigenvalue weighted by atomic mass is 16.5. The van der Waals surface area contributed by atoms with Crippen LogP contribution in [0.3, 0.4) is 0 Å². The molecule has 0 saturated heterocycles. The number of hydrogen-bond donors (Lipinski definition) is 0. The van der Waals surface area contributed by atoms with Crippen LogP contribution in [-0.4, -0.2) is 13.7 Å². The number of methoxy groups -OCH3 is 1. The van der Waals surface area contributed by atoms with Crippen LogP contribution < -0.4 is 9.47 Å². The minimum Gasteiger partial charge on any atom is -0.493 e. The van der Waals surface area contributed by atoms with Gasteiger partial charge in [-0.3, -0.25) is 0 Å². The lowest BCUT2D eigenvalue weighted by molar-refractivity contribution is 0.308. The van der Waals surface area contributed by atoms with E-state index in [0.717, 1.165) is 5.56 Å². The Balaban J connectivity index is 3.08. The Kier molecular flexibility index (Phi) is 3.81. The summed E-state index contributed by atoms with van der Waals surface area (Å²) in [6.07, 6.45) is 0.340. The van der Waals surface area contributed by atoms with E-state index in [9.17, 15) is 0 Å². The van der Waals surface area contributed by atoms with Crippen LogP contribution in [0, 0.1) is 11.3 Å². The van der Waals surface area contributed by atoms with Gasteiger partial charge in [0.2, 0.25) is 0 Å². The van der Waals surface area contributed by atoms with Gasteiger partial charge in [-0.1, -0.05) is 12.1 Å². The summed E-state index contributed by atoms with van der Waals surface area (Å²) in [5, 5.41) is 8.63. The van der Waals surface area contributed by atoms with Gasteiger partial charge < -0.3 is 9.47 Å². The van der Waals surface area contributed by atoms with Crippen molar-refractivity contribution < 1.29 is 9.47 Å². The summed E-state index contributed by atoms with van der Waals surface area (Å²) in [5.74, 6) is 1.36. The Hall–Kier alpha value is -1.69. The Labute approximate surface area is 83.9 Å². The first-order chi connectivity index (χ1) is 6.83. The van der Waals surface area contributed by atoms with Crippen LogP contribution in [0.5, 0.6) is 11.5 Å². The zero-order chi connectivity index (χ0) is 10.4. The number of ether oxygens (including phenoxy) is 2. The van der Waals surface area contributed by atoms with E-state index in [-0.39, 0.29) is 0 Å². The van der Waals surface area contributed by atoms with Gasteiger partial charge in [-0.25, -0.2) is 0 Å². The molecular formula is C11H13NO2. The highest BCUT2D eigenvalue weighted by molar-refractivity contribution is 5.47. The molecule has 1 rings (SSSR count). The van der Waals surface area contributed by atoms with Gasteiger partial charge >= 0.3 is 0 Å². The van der Waals surface area contributed by atoms with E-state index in [2.05, 4.69) is 6.07 Å². The van der Waals surface area contributed by atoms with Crippen molar-refractivity contribution in [2.45, 2.75) is 13.3 Å². The maximum atomic E-state index is 8.63. The minimum absolute atomic E-state index is 0.340. The molecule has 0 radical (unpaired) electrons. The maximum absolute atomic E-state index is 8.63. The monoisotopic (exact) mass is 191 g/mol. The lowest BCUT2D eigenvalue weighted by Crippen LogP contribution is -1.99. The fourth-order valence-electron chi connectivity index (χ4n) is 1.25. The third kappa shape index (κ3) is 2.17. The zero-order valence-corrected chi connectivity index (χ0v) is 8.41. The summed E-state index contributed by atoms with van der Waals surface area (Å²) >= 11 is 0. The highest BCUT2D eigenvalue weighted by Gasteiger charge is 2.08. The van der Waals surface area contributed by atoms with E-state index < -0.39 is 0 Å². The summed E-state index contributed by atoms with van der Waals surface area (Å²) in [6, 6.07) is 7.65. The second-order valence-electron chi connectivity index (χ2n) is 2.72. The molecule has 0 saturated carbocycles. The van der Waals surface area contributed by atoms with E-state index in [1.165, 1.54) is 0 Å². The fourth-order valence-corrected chi connectivity index (χ4v) is 1.25. The number of nitriles is 1. The second kappa shape index (κ2) is 5.13. The summed E-state index contributed by atoms with van der Waals surface area (Å²) in [4.78, 5) is 0. The third-order valence-corrected chi connectivity index (χ3v) is 1.84. The molecule has 0 bridgehead atoms. The van der Waals surface area contributed by atoms with Gasteiger partial charge in [0.05, 0.1) is 26.2 Å². The van der Waals surface area contributed by atoms with Crippen LogP contribution in [0.15, 0.2) is 18.2 Å². The van der Waals surface area contributed by atoms with Gasteiger partial charge in [-0.05, 0) is 13.0 Å². The predicted molar refractivity (Wildman–Crippen MR) is 53.5 cm³/mol. The Morgan fingerprint density at radius 2 is 2.21 bits per heavy atom. The van der Waals surface area contributed by atoms with Crippen LogP contribution in [0.2, 0.25) is 0 Å². The van der Waals surface area contributed by atoms with Crippen molar-refractivity contribution in [2.24, 2.45) is 0 Å². The molecular weight excluding hydrogens is 178 g/mol. The molecule has 3 nitrogen and oxygen atoms in total. The van der Waals surface area contributed by atoms with Gasteiger partial charge in [-0.2, -0.15) is 5.26 Å². The summed E-state index contributed by atoms with van der Waals surface area (Å²) in [6.45, 7) is 2.47. The average molecular weight is 191 g/mol. The lowest BCUT2D eigenvalue weighted by atomic mass is 10.1. The molecule has 0 fully saturated rings. The first-order valence-electron chi connectivity index (χ1n) is 4.49. The topological polar surface area (TPSA) is 42.2 Å². The Morgan fingerprint density at radius 1 is 1.43 bits per heavy atom. The number of benzene rings is 1. The molecule has 0 spiro atoms. The van der Waals surface area contributed by atoms with E-state index in [1.807, 2.05) is 25.1 Å². The maximum Gasteiger partial charge on any atom is 0.165 e. The summed E-state index contributed by atoms with van der Waals surface area (Å²) in [7, 11) is 1.59. The quantitative estimate of drug-likeness (QED) is 0.732. The molecule has 3 heteroatoms. The second-order valence-corrected chi connectivity index (χ2v) is 2.72. The standard InChI is InChI=1S/C11H13NO2/c1-3-14-11-9(7-8-12)5-4-6-10(11)13-2/h4-6H,3,7H2,1-2H3. The summed E-state index contributed by atoms with van der Waals surface area (Å²) in [5.41, 5.74) is 0.869. The molecule has 1 aromatic rings. The lowest BCUT2D eigenvalue weighted by Gasteiger charge is -2.11. The number of hydrogen-bond acceptors (Lipinski definition) is 3. The van der Waals surface area contributed by atoms with E-state index >= 15 is 0 Å². The van der Waals surface area contributed by atoms with Crippen molar-refractivity contribution in [3.8, 4) is 17.6 Å². The van der Waals surface area contributed by atoms with E-state index in [1.54, 1.807) is 7.11 Å². The fraction of sp³-hybridized carbons (Fsp3) is 0.364. The van der Waals surface area contributed by atoms with Gasteiger partial charge in [-0.15, -0.1) is 0 Å². The van der Waals surface area contributed by atoms with Crippen LogP contribution in [0.25, 0.3) is 0 Å². The Bertz CT molecular complexity index is 342. The molecule has 0 N–H and O–H groups in total. The first-order valence-corrected chi connectivity index (χ1v) is 4.49. The molecule has 0 heterocycles. The molecule has 14 heavy (non-hydrogen) atoms. The number of rotatable bonds is 4. The molecule has 0 aliphatic rings. The molecule has 0 amide bonds. The van der Waals surface area contributed by atoms with E-state index in [4.69, 9.17) is 14.7 Å². The highest BCUT2D eigenvalue weighted by Crippen LogP contribution is 2.31. The molecule has 1 aromatic carbocycles. The van der Waals surface area contributed by atoms with Gasteiger partial charge in [0, 0.05) is 5.56 Å². The van der Waals surface area contributed by atoms with Crippen molar-refractivity contribution in [3.63, 3.8) is 0 Å². The molecule has 0 aliphatic heterocycles. The van der Waals surface area contributed by atoms with Crippen molar-refractivity contribution in [1.29, 1.82) is 5.26 Å². The smallest absolute Gasteiger partial charge is 0.165 e. The SMILES string of the molecule is CCOc1c(CC#N)cccc1OC. The zero-order valence-electron chi connectivity index (χ0n) is 8.41. The molecule has 0 aliphatic carbocycles. The average Bonchev–Trinajstić information content (AvgIpc) is 2.21. The van der Waals surface area contributed by atoms with Crippen molar-refractivity contribution in [2.75, 3.05) is 13.7 Å². The normalized spacial score (nSPS) is 9.21. The molecule has 0 atom stereocenters. The van der Waals surface area contributed by atoms with Gasteiger partial charge in [0.15, 0.2) is 11.5 Å². The van der Waals surface area contributed by atoms with Crippen LogP contribution >= 0.6 is 0 Å². The van der Waals surface area contributed by atoms with Crippen molar-refractivity contribution in [1.82, 2.24) is 0 Å². The number of nitrogens with zero attached hydrogens (tertiary/aromatic N) is 1. The van der Waals surface area contributed by atoms with Gasteiger partial charge in [0.1, 0.15) is 0 Å². The van der Waals surface area contributed by atoms with Gasteiger partial charge in [0.25, 0.3) is 0 Å². The minimum atomic E-state index is 0.340. The van der Waals surface area contributed by atoms with Crippen molar-refractivity contribution in [3.05, 3.63) is 23.8 Å². The molecule has 0 unspecified atom stereocenters. The van der Waals surface area contributed by atoms with Crippen LogP contribution in [0.1, 0.15) is 12.5 Å². The largest absolute Gasteiger partial charge is 0.493 e. The molecule has 74 valence electrons. The number of para-hydroxylation sites is 1. The predicted octanol–water partition coefficient (Wildman–Crippen LogP) is 2.16. The van der Waals surface area contributed by atoms with Crippen molar-refractivity contribution >= 4 is 0 Å². The first kappa shape index (κ1) is 10.4. The third-order valence-electron chi connectivity index (χ3n) is 1.84. The van der Waals surface area contributed by atoms with Crippen LogP contribution in [0.4, 0.5) is 0 Å².